The van der Waals surface area contributed by atoms with Gasteiger partial charge in [0.05, 0.1) is 6.61 Å². The van der Waals surface area contributed by atoms with E-state index in [2.05, 4.69) is 5.18 Å². The molecule has 0 bridgehead atoms. The summed E-state index contributed by atoms with van der Waals surface area (Å²) < 4.78 is 11.4. The topological polar surface area (TPSA) is 49.7 Å². The number of hydrogen-bond acceptors (Lipinski definition) is 3. The molecule has 0 aliphatic heterocycles. The summed E-state index contributed by atoms with van der Waals surface area (Å²) in [7, 11) is 0. The minimum Gasteiger partial charge on any atom is -0.389 e. The fourth-order valence-electron chi connectivity index (χ4n) is 0.0980. The van der Waals surface area contributed by atoms with E-state index in [4.69, 9.17) is 10.0 Å². The zero-order chi connectivity index (χ0) is 5.70. The molecule has 7 heavy (non-hydrogen) atoms. The molecule has 0 amide bonds. The molecule has 0 radical (unpaired) electrons. The molecule has 0 fully saturated rings. The lowest BCUT2D eigenvalue weighted by Crippen LogP contribution is -1.78. The zero-order valence-corrected chi connectivity index (χ0v) is 3.47. The van der Waals surface area contributed by atoms with Gasteiger partial charge in [0.15, 0.2) is 0 Å². The summed E-state index contributed by atoms with van der Waals surface area (Å²) in [4.78, 5) is 9.10. The lowest BCUT2D eigenvalue weighted by Gasteiger charge is -1.78. The lowest BCUT2D eigenvalue weighted by atomic mass is 10.6. The van der Waals surface area contributed by atoms with Crippen LogP contribution < -0.4 is 0 Å². The summed E-state index contributed by atoms with van der Waals surface area (Å²) in [5.74, 6) is -0.921. The molecule has 0 aliphatic carbocycles. The largest absolute Gasteiger partial charge is 0.389 e. The van der Waals surface area contributed by atoms with Gasteiger partial charge in [-0.1, -0.05) is 0 Å². The first-order valence-electron chi connectivity index (χ1n) is 1.59. The average Bonchev–Trinajstić information content (AvgIpc) is 1.68. The van der Waals surface area contributed by atoms with Gasteiger partial charge in [0.25, 0.3) is 0 Å². The van der Waals surface area contributed by atoms with Gasteiger partial charge >= 0.3 is 0 Å². The number of nitroso groups, excluding NO2 is 1. The second kappa shape index (κ2) is 3.42. The van der Waals surface area contributed by atoms with Crippen molar-refractivity contribution < 1.29 is 9.50 Å². The van der Waals surface area contributed by atoms with Gasteiger partial charge in [0.2, 0.25) is 0 Å². The average molecular weight is 105 g/mol. The number of nitrogens with zero attached hydrogens (tertiary/aromatic N) is 1. The molecule has 3 nitrogen and oxygen atoms in total. The first-order valence-corrected chi connectivity index (χ1v) is 1.59. The Labute approximate surface area is 39.4 Å². The second-order valence-electron chi connectivity index (χ2n) is 0.839. The minimum atomic E-state index is -0.921. The number of halogens is 1. The molecule has 0 aromatic carbocycles. The Kier molecular flexibility index (Phi) is 3.04. The van der Waals surface area contributed by atoms with Crippen molar-refractivity contribution in [1.82, 2.24) is 0 Å². The van der Waals surface area contributed by atoms with E-state index in [9.17, 15) is 4.39 Å². The van der Waals surface area contributed by atoms with Crippen LogP contribution in [0.3, 0.4) is 0 Å². The van der Waals surface area contributed by atoms with Crippen molar-refractivity contribution in [2.75, 3.05) is 6.61 Å². The van der Waals surface area contributed by atoms with E-state index >= 15 is 0 Å². The van der Waals surface area contributed by atoms with E-state index < -0.39 is 12.4 Å². The fourth-order valence-corrected chi connectivity index (χ4v) is 0.0980. The number of aliphatic hydroxyl groups excluding tert-OH is 1. The van der Waals surface area contributed by atoms with Crippen LogP contribution in [0.1, 0.15) is 0 Å². The maximum atomic E-state index is 11.4. The van der Waals surface area contributed by atoms with Crippen molar-refractivity contribution in [3.63, 3.8) is 0 Å². The van der Waals surface area contributed by atoms with Crippen LogP contribution in [-0.4, -0.2) is 11.7 Å². The summed E-state index contributed by atoms with van der Waals surface area (Å²) >= 11 is 0. The standard InChI is InChI=1S/C3H4FNO2/c4-3(2-6)1-5-7/h1,6H,2H2/b3-1+. The molecule has 0 aliphatic rings. The van der Waals surface area contributed by atoms with Crippen LogP contribution in [0.2, 0.25) is 0 Å². The molecule has 0 unspecified atom stereocenters. The summed E-state index contributed by atoms with van der Waals surface area (Å²) in [6.07, 6.45) is 0.417. The zero-order valence-electron chi connectivity index (χ0n) is 3.47. The van der Waals surface area contributed by atoms with E-state index in [-0.39, 0.29) is 0 Å². The Balaban J connectivity index is 3.49. The van der Waals surface area contributed by atoms with Crippen molar-refractivity contribution in [2.45, 2.75) is 0 Å². The predicted molar refractivity (Wildman–Crippen MR) is 22.1 cm³/mol. The van der Waals surface area contributed by atoms with E-state index in [1.807, 2.05) is 0 Å². The maximum Gasteiger partial charge on any atom is 0.147 e. The molecule has 0 spiro atoms. The minimum absolute atomic E-state index is 0.417. The predicted octanol–water partition coefficient (Wildman–Crippen LogP) is 0.556. The van der Waals surface area contributed by atoms with Gasteiger partial charge in [-0.15, -0.1) is 4.91 Å². The molecule has 0 aromatic rings. The fraction of sp³-hybridized carbons (Fsp3) is 0.333. The van der Waals surface area contributed by atoms with Gasteiger partial charge in [-0.05, 0) is 5.18 Å². The highest BCUT2D eigenvalue weighted by Gasteiger charge is 1.85. The third-order valence-corrected chi connectivity index (χ3v) is 0.344. The first-order chi connectivity index (χ1) is 3.31. The summed E-state index contributed by atoms with van der Waals surface area (Å²) in [5.41, 5.74) is 0. The summed E-state index contributed by atoms with van der Waals surface area (Å²) in [6.45, 7) is -0.758. The quantitative estimate of drug-likeness (QED) is 0.521. The van der Waals surface area contributed by atoms with E-state index in [0.717, 1.165) is 0 Å². The van der Waals surface area contributed by atoms with Crippen molar-refractivity contribution in [3.05, 3.63) is 16.9 Å². The Bertz CT molecular complexity index is 90.9. The highest BCUT2D eigenvalue weighted by Crippen LogP contribution is 1.91. The highest BCUT2D eigenvalue weighted by atomic mass is 19.1. The van der Waals surface area contributed by atoms with Crippen molar-refractivity contribution in [3.8, 4) is 0 Å². The van der Waals surface area contributed by atoms with E-state index in [1.54, 1.807) is 0 Å². The second-order valence-corrected chi connectivity index (χ2v) is 0.839. The maximum absolute atomic E-state index is 11.4. The molecule has 1 N–H and O–H groups in total. The van der Waals surface area contributed by atoms with Gasteiger partial charge in [0.1, 0.15) is 12.0 Å². The Morgan fingerprint density at radius 1 is 2.00 bits per heavy atom. The molecule has 40 valence electrons. The van der Waals surface area contributed by atoms with Crippen molar-refractivity contribution >= 4 is 0 Å². The van der Waals surface area contributed by atoms with Crippen molar-refractivity contribution in [2.24, 2.45) is 5.18 Å². The molecular formula is C3H4FNO2. The molecule has 0 heterocycles. The highest BCUT2D eigenvalue weighted by molar-refractivity contribution is 4.88. The Morgan fingerprint density at radius 2 is 2.57 bits per heavy atom. The van der Waals surface area contributed by atoms with Gasteiger partial charge in [0, 0.05) is 0 Å². The smallest absolute Gasteiger partial charge is 0.147 e. The van der Waals surface area contributed by atoms with Crippen LogP contribution in [0.5, 0.6) is 0 Å². The van der Waals surface area contributed by atoms with Gasteiger partial charge < -0.3 is 5.11 Å². The van der Waals surface area contributed by atoms with Crippen LogP contribution in [0, 0.1) is 4.91 Å². The van der Waals surface area contributed by atoms with Crippen LogP contribution in [0.4, 0.5) is 4.39 Å². The van der Waals surface area contributed by atoms with Crippen LogP contribution >= 0.6 is 0 Å². The summed E-state index contributed by atoms with van der Waals surface area (Å²) in [6, 6.07) is 0. The third-order valence-electron chi connectivity index (χ3n) is 0.344. The Morgan fingerprint density at radius 3 is 2.71 bits per heavy atom. The van der Waals surface area contributed by atoms with E-state index in [0.29, 0.717) is 6.20 Å². The van der Waals surface area contributed by atoms with Crippen LogP contribution in [-0.2, 0) is 0 Å². The Hall–Kier alpha value is -0.770. The normalized spacial score (nSPS) is 11.4. The molecule has 0 saturated heterocycles. The van der Waals surface area contributed by atoms with E-state index in [1.165, 1.54) is 0 Å². The number of aliphatic hydroxyl groups is 1. The molecule has 0 aromatic heterocycles. The van der Waals surface area contributed by atoms with Crippen molar-refractivity contribution in [1.29, 1.82) is 0 Å². The first kappa shape index (κ1) is 6.23. The third kappa shape index (κ3) is 3.05. The van der Waals surface area contributed by atoms with Gasteiger partial charge in [-0.25, -0.2) is 4.39 Å². The molecule has 0 atom stereocenters. The number of hydrogen-bond donors (Lipinski definition) is 1. The molecule has 0 saturated carbocycles. The monoisotopic (exact) mass is 105 g/mol. The van der Waals surface area contributed by atoms with Gasteiger partial charge in [-0.3, -0.25) is 0 Å². The molecule has 4 heteroatoms. The SMILES string of the molecule is O=N/C=C(/F)CO. The molecule has 0 rings (SSSR count). The van der Waals surface area contributed by atoms with Gasteiger partial charge in [-0.2, -0.15) is 0 Å². The van der Waals surface area contributed by atoms with Crippen LogP contribution in [0.25, 0.3) is 0 Å². The summed E-state index contributed by atoms with van der Waals surface area (Å²) in [5, 5.41) is 9.88. The number of rotatable bonds is 2. The van der Waals surface area contributed by atoms with Crippen LogP contribution in [0.15, 0.2) is 17.2 Å². The molecular weight excluding hydrogens is 101 g/mol. The lowest BCUT2D eigenvalue weighted by molar-refractivity contribution is 0.297.